The summed E-state index contributed by atoms with van der Waals surface area (Å²) in [5.74, 6) is 0.0783. The van der Waals surface area contributed by atoms with Crippen LogP contribution in [0, 0.1) is 0 Å². The second-order valence-electron chi connectivity index (χ2n) is 3.72. The summed E-state index contributed by atoms with van der Waals surface area (Å²) in [6.45, 7) is 4.45. The molecule has 1 amide bonds. The van der Waals surface area contributed by atoms with E-state index in [1.165, 1.54) is 0 Å². The first-order valence-electron chi connectivity index (χ1n) is 5.11. The van der Waals surface area contributed by atoms with Crippen molar-refractivity contribution in [3.05, 3.63) is 0 Å². The molecule has 0 spiro atoms. The second-order valence-corrected chi connectivity index (χ2v) is 3.72. The Hall–Kier alpha value is -0.610. The van der Waals surface area contributed by atoms with Gasteiger partial charge in [0.15, 0.2) is 0 Å². The molecular weight excluding hydrogens is 180 g/mol. The van der Waals surface area contributed by atoms with E-state index in [4.69, 9.17) is 10.5 Å². The summed E-state index contributed by atoms with van der Waals surface area (Å²) in [6, 6.07) is 0.181. The minimum Gasteiger partial charge on any atom is -0.380 e. The zero-order chi connectivity index (χ0) is 11.0. The third-order valence-corrected chi connectivity index (χ3v) is 2.05. The molecule has 84 valence electrons. The van der Waals surface area contributed by atoms with Crippen LogP contribution >= 0.6 is 0 Å². The van der Waals surface area contributed by atoms with E-state index >= 15 is 0 Å². The minimum absolute atomic E-state index is 0.0763. The Kier molecular flexibility index (Phi) is 7.42. The van der Waals surface area contributed by atoms with Crippen LogP contribution in [0.3, 0.4) is 0 Å². The maximum Gasteiger partial charge on any atom is 0.220 e. The van der Waals surface area contributed by atoms with Gasteiger partial charge in [-0.3, -0.25) is 4.79 Å². The quantitative estimate of drug-likeness (QED) is 0.637. The van der Waals surface area contributed by atoms with Gasteiger partial charge in [-0.25, -0.2) is 0 Å². The van der Waals surface area contributed by atoms with Crippen molar-refractivity contribution in [1.29, 1.82) is 0 Å². The van der Waals surface area contributed by atoms with Crippen molar-refractivity contribution < 1.29 is 9.53 Å². The molecule has 0 fully saturated rings. The average Bonchev–Trinajstić information content (AvgIpc) is 2.13. The fourth-order valence-electron chi connectivity index (χ4n) is 1.01. The van der Waals surface area contributed by atoms with Gasteiger partial charge in [-0.2, -0.15) is 0 Å². The lowest BCUT2D eigenvalue weighted by Crippen LogP contribution is -2.31. The molecule has 0 radical (unpaired) electrons. The van der Waals surface area contributed by atoms with Crippen LogP contribution in [0.15, 0.2) is 0 Å². The van der Waals surface area contributed by atoms with E-state index in [0.29, 0.717) is 13.0 Å². The highest BCUT2D eigenvalue weighted by molar-refractivity contribution is 5.75. The number of methoxy groups -OCH3 is 1. The molecule has 0 heterocycles. The van der Waals surface area contributed by atoms with Crippen LogP contribution < -0.4 is 11.1 Å². The molecule has 2 atom stereocenters. The third kappa shape index (κ3) is 8.01. The van der Waals surface area contributed by atoms with Crippen LogP contribution in [0.1, 0.15) is 33.1 Å². The Bertz CT molecular complexity index is 160. The lowest BCUT2D eigenvalue weighted by Gasteiger charge is -2.10. The molecule has 0 aliphatic carbocycles. The van der Waals surface area contributed by atoms with Gasteiger partial charge in [-0.15, -0.1) is 0 Å². The highest BCUT2D eigenvalue weighted by Gasteiger charge is 2.04. The predicted molar refractivity (Wildman–Crippen MR) is 57.0 cm³/mol. The fraction of sp³-hybridized carbons (Fsp3) is 0.900. The smallest absolute Gasteiger partial charge is 0.220 e. The normalized spacial score (nSPS) is 14.9. The van der Waals surface area contributed by atoms with E-state index < -0.39 is 0 Å². The largest absolute Gasteiger partial charge is 0.380 e. The molecule has 4 heteroatoms. The van der Waals surface area contributed by atoms with Crippen molar-refractivity contribution in [3.63, 3.8) is 0 Å². The number of nitrogens with one attached hydrogen (secondary N) is 1. The van der Waals surface area contributed by atoms with E-state index in [0.717, 1.165) is 12.8 Å². The van der Waals surface area contributed by atoms with Crippen LogP contribution in [-0.2, 0) is 9.53 Å². The van der Waals surface area contributed by atoms with Crippen LogP contribution in [0.25, 0.3) is 0 Å². The number of nitrogens with two attached hydrogens (primary N) is 1. The van der Waals surface area contributed by atoms with Gasteiger partial charge in [-0.1, -0.05) is 0 Å². The summed E-state index contributed by atoms with van der Waals surface area (Å²) in [5.41, 5.74) is 5.57. The van der Waals surface area contributed by atoms with Crippen molar-refractivity contribution in [2.75, 3.05) is 13.7 Å². The summed E-state index contributed by atoms with van der Waals surface area (Å²) in [7, 11) is 1.63. The summed E-state index contributed by atoms with van der Waals surface area (Å²) >= 11 is 0. The summed E-state index contributed by atoms with van der Waals surface area (Å²) in [4.78, 5) is 11.2. The fourth-order valence-corrected chi connectivity index (χ4v) is 1.01. The van der Waals surface area contributed by atoms with Crippen molar-refractivity contribution in [2.24, 2.45) is 5.73 Å². The standard InChI is InChI=1S/C10H22N2O2/c1-8(11)5-4-6-10(13)12-7-9(2)14-3/h8-9H,4-7,11H2,1-3H3,(H,12,13). The minimum atomic E-state index is 0.0763. The van der Waals surface area contributed by atoms with Gasteiger partial charge in [0.1, 0.15) is 0 Å². The van der Waals surface area contributed by atoms with Gasteiger partial charge in [0.25, 0.3) is 0 Å². The van der Waals surface area contributed by atoms with Gasteiger partial charge in [0, 0.05) is 26.1 Å². The Balaban J connectivity index is 3.37. The van der Waals surface area contributed by atoms with Crippen molar-refractivity contribution in [1.82, 2.24) is 5.32 Å². The van der Waals surface area contributed by atoms with Crippen LogP contribution in [-0.4, -0.2) is 31.7 Å². The highest BCUT2D eigenvalue weighted by atomic mass is 16.5. The van der Waals surface area contributed by atoms with E-state index in [1.54, 1.807) is 7.11 Å². The first-order chi connectivity index (χ1) is 6.56. The van der Waals surface area contributed by atoms with E-state index in [2.05, 4.69) is 5.32 Å². The van der Waals surface area contributed by atoms with Crippen LogP contribution in [0.4, 0.5) is 0 Å². The molecule has 0 saturated carbocycles. The molecule has 0 rings (SSSR count). The number of amides is 1. The molecule has 0 aromatic carbocycles. The van der Waals surface area contributed by atoms with E-state index in [-0.39, 0.29) is 18.1 Å². The molecule has 0 aromatic heterocycles. The molecular formula is C10H22N2O2. The molecule has 0 saturated heterocycles. The Labute approximate surface area is 86.2 Å². The molecule has 4 nitrogen and oxygen atoms in total. The number of carbonyl (C=O) groups excluding carboxylic acids is 1. The zero-order valence-corrected chi connectivity index (χ0v) is 9.38. The zero-order valence-electron chi connectivity index (χ0n) is 9.38. The molecule has 0 aromatic rings. The monoisotopic (exact) mass is 202 g/mol. The maximum atomic E-state index is 11.2. The topological polar surface area (TPSA) is 64.3 Å². The predicted octanol–water partition coefficient (Wildman–Crippen LogP) is 0.655. The Morgan fingerprint density at radius 3 is 2.64 bits per heavy atom. The van der Waals surface area contributed by atoms with Crippen LogP contribution in [0.5, 0.6) is 0 Å². The molecule has 0 aliphatic heterocycles. The summed E-state index contributed by atoms with van der Waals surface area (Å²) < 4.78 is 5.01. The lowest BCUT2D eigenvalue weighted by atomic mass is 10.1. The first kappa shape index (κ1) is 13.4. The van der Waals surface area contributed by atoms with E-state index in [1.807, 2.05) is 13.8 Å². The van der Waals surface area contributed by atoms with Crippen LogP contribution in [0.2, 0.25) is 0 Å². The third-order valence-electron chi connectivity index (χ3n) is 2.05. The number of hydrogen-bond acceptors (Lipinski definition) is 3. The van der Waals surface area contributed by atoms with E-state index in [9.17, 15) is 4.79 Å². The second kappa shape index (κ2) is 7.76. The van der Waals surface area contributed by atoms with Crippen molar-refractivity contribution in [3.8, 4) is 0 Å². The highest BCUT2D eigenvalue weighted by Crippen LogP contribution is 1.98. The lowest BCUT2D eigenvalue weighted by molar-refractivity contribution is -0.121. The van der Waals surface area contributed by atoms with Gasteiger partial charge < -0.3 is 15.8 Å². The van der Waals surface area contributed by atoms with Gasteiger partial charge in [0.05, 0.1) is 6.10 Å². The molecule has 0 bridgehead atoms. The average molecular weight is 202 g/mol. The molecule has 3 N–H and O–H groups in total. The number of carbonyl (C=O) groups is 1. The van der Waals surface area contributed by atoms with Crippen molar-refractivity contribution >= 4 is 5.91 Å². The van der Waals surface area contributed by atoms with Gasteiger partial charge >= 0.3 is 0 Å². The van der Waals surface area contributed by atoms with Gasteiger partial charge in [-0.05, 0) is 26.7 Å². The Morgan fingerprint density at radius 2 is 2.14 bits per heavy atom. The SMILES string of the molecule is COC(C)CNC(=O)CCCC(C)N. The van der Waals surface area contributed by atoms with Gasteiger partial charge in [0.2, 0.25) is 5.91 Å². The molecule has 2 unspecified atom stereocenters. The molecule has 0 aliphatic rings. The van der Waals surface area contributed by atoms with Crippen molar-refractivity contribution in [2.45, 2.75) is 45.3 Å². The number of hydrogen-bond donors (Lipinski definition) is 2. The molecule has 14 heavy (non-hydrogen) atoms. The first-order valence-corrected chi connectivity index (χ1v) is 5.11. The summed E-state index contributed by atoms with van der Waals surface area (Å²) in [6.07, 6.45) is 2.38. The maximum absolute atomic E-state index is 11.2. The number of ether oxygens (including phenoxy) is 1. The summed E-state index contributed by atoms with van der Waals surface area (Å²) in [5, 5.41) is 2.80. The Morgan fingerprint density at radius 1 is 1.50 bits per heavy atom. The number of rotatable bonds is 7.